The van der Waals surface area contributed by atoms with Crippen molar-refractivity contribution in [3.05, 3.63) is 53.1 Å². The molecule has 0 fully saturated rings. The van der Waals surface area contributed by atoms with Crippen LogP contribution >= 0.6 is 0 Å². The molecule has 1 amide bonds. The van der Waals surface area contributed by atoms with E-state index in [1.165, 1.54) is 5.56 Å². The zero-order valence-corrected chi connectivity index (χ0v) is 16.5. The minimum absolute atomic E-state index is 0.0637. The Morgan fingerprint density at radius 3 is 2.42 bits per heavy atom. The predicted molar refractivity (Wildman–Crippen MR) is 109 cm³/mol. The van der Waals surface area contributed by atoms with Crippen LogP contribution in [0.15, 0.2) is 36.4 Å². The second-order valence-corrected chi connectivity index (χ2v) is 7.23. The highest BCUT2D eigenvalue weighted by atomic mass is 16.5. The first kappa shape index (κ1) is 19.8. The van der Waals surface area contributed by atoms with Crippen LogP contribution in [0, 0.1) is 26.7 Å². The maximum atomic E-state index is 12.3. The molecule has 0 spiro atoms. The third-order valence-corrected chi connectivity index (χ3v) is 4.19. The van der Waals surface area contributed by atoms with Crippen LogP contribution in [0.1, 0.15) is 37.0 Å². The predicted octanol–water partition coefficient (Wildman–Crippen LogP) is 5.09. The molecular weight excluding hydrogens is 324 g/mol. The van der Waals surface area contributed by atoms with Gasteiger partial charge in [-0.1, -0.05) is 37.6 Å². The number of hydrogen-bond acceptors (Lipinski definition) is 3. The summed E-state index contributed by atoms with van der Waals surface area (Å²) in [4.78, 5) is 12.3. The highest BCUT2D eigenvalue weighted by Gasteiger charge is 2.08. The van der Waals surface area contributed by atoms with Crippen molar-refractivity contribution in [2.45, 2.75) is 41.0 Å². The minimum Gasteiger partial charge on any atom is -0.494 e. The lowest BCUT2D eigenvalue weighted by molar-refractivity contribution is -0.114. The lowest BCUT2D eigenvalue weighted by Crippen LogP contribution is -2.22. The molecule has 0 atom stereocenters. The second kappa shape index (κ2) is 9.27. The molecule has 140 valence electrons. The largest absolute Gasteiger partial charge is 0.494 e. The summed E-state index contributed by atoms with van der Waals surface area (Å²) in [5.41, 5.74) is 5.13. The van der Waals surface area contributed by atoms with Gasteiger partial charge in [0, 0.05) is 17.4 Å². The molecule has 0 aliphatic heterocycles. The summed E-state index contributed by atoms with van der Waals surface area (Å²) >= 11 is 0. The molecule has 4 heteroatoms. The molecule has 0 unspecified atom stereocenters. The fraction of sp³-hybridized carbons (Fsp3) is 0.409. The van der Waals surface area contributed by atoms with Crippen molar-refractivity contribution in [1.82, 2.24) is 0 Å². The summed E-state index contributed by atoms with van der Waals surface area (Å²) in [7, 11) is 0. The number of carbonyl (C=O) groups excluding carboxylic acids is 1. The van der Waals surface area contributed by atoms with E-state index in [0.717, 1.165) is 34.7 Å². The van der Waals surface area contributed by atoms with Crippen molar-refractivity contribution in [3.63, 3.8) is 0 Å². The molecule has 0 saturated heterocycles. The van der Waals surface area contributed by atoms with Crippen molar-refractivity contribution in [2.75, 3.05) is 23.8 Å². The van der Waals surface area contributed by atoms with Gasteiger partial charge in [-0.15, -0.1) is 0 Å². The van der Waals surface area contributed by atoms with Crippen LogP contribution in [-0.4, -0.2) is 19.1 Å². The molecular formula is C22H30N2O2. The van der Waals surface area contributed by atoms with Gasteiger partial charge in [0.15, 0.2) is 0 Å². The molecule has 0 aliphatic carbocycles. The molecule has 0 aliphatic rings. The van der Waals surface area contributed by atoms with Crippen LogP contribution in [0.2, 0.25) is 0 Å². The number of amides is 1. The Labute approximate surface area is 157 Å². The van der Waals surface area contributed by atoms with Gasteiger partial charge >= 0.3 is 0 Å². The molecule has 26 heavy (non-hydrogen) atoms. The van der Waals surface area contributed by atoms with Crippen LogP contribution < -0.4 is 15.4 Å². The third-order valence-electron chi connectivity index (χ3n) is 4.19. The van der Waals surface area contributed by atoms with Crippen LogP contribution in [-0.2, 0) is 4.79 Å². The zero-order valence-electron chi connectivity index (χ0n) is 16.5. The van der Waals surface area contributed by atoms with Gasteiger partial charge in [-0.25, -0.2) is 0 Å². The maximum absolute atomic E-state index is 12.3. The fourth-order valence-corrected chi connectivity index (χ4v) is 2.85. The van der Waals surface area contributed by atoms with E-state index in [0.29, 0.717) is 12.5 Å². The van der Waals surface area contributed by atoms with E-state index < -0.39 is 0 Å². The van der Waals surface area contributed by atoms with Crippen molar-refractivity contribution < 1.29 is 9.53 Å². The molecule has 0 radical (unpaired) electrons. The molecule has 0 heterocycles. The molecule has 2 aromatic carbocycles. The molecule has 0 aromatic heterocycles. The number of rotatable bonds is 8. The zero-order chi connectivity index (χ0) is 19.1. The summed E-state index contributed by atoms with van der Waals surface area (Å²) < 4.78 is 5.76. The molecule has 2 rings (SSSR count). The van der Waals surface area contributed by atoms with Crippen molar-refractivity contribution in [2.24, 2.45) is 5.92 Å². The summed E-state index contributed by atoms with van der Waals surface area (Å²) in [6, 6.07) is 11.9. The maximum Gasteiger partial charge on any atom is 0.243 e. The van der Waals surface area contributed by atoms with E-state index in [4.69, 9.17) is 4.74 Å². The van der Waals surface area contributed by atoms with Gasteiger partial charge in [-0.3, -0.25) is 4.79 Å². The van der Waals surface area contributed by atoms with Gasteiger partial charge in [0.05, 0.1) is 13.2 Å². The van der Waals surface area contributed by atoms with Crippen molar-refractivity contribution in [1.29, 1.82) is 0 Å². The number of anilines is 2. The Bertz CT molecular complexity index is 731. The average molecular weight is 354 g/mol. The number of aryl methyl sites for hydroxylation is 3. The molecule has 2 aromatic rings. The summed E-state index contributed by atoms with van der Waals surface area (Å²) in [5.74, 6) is 1.38. The average Bonchev–Trinajstić information content (AvgIpc) is 2.56. The van der Waals surface area contributed by atoms with E-state index in [2.05, 4.69) is 43.5 Å². The fourth-order valence-electron chi connectivity index (χ4n) is 2.85. The van der Waals surface area contributed by atoms with E-state index in [1.54, 1.807) is 0 Å². The number of nitrogens with one attached hydrogen (secondary N) is 2. The first-order valence-electron chi connectivity index (χ1n) is 9.19. The van der Waals surface area contributed by atoms with Crippen LogP contribution in [0.25, 0.3) is 0 Å². The van der Waals surface area contributed by atoms with E-state index in [1.807, 2.05) is 38.1 Å². The van der Waals surface area contributed by atoms with Crippen LogP contribution in [0.4, 0.5) is 11.4 Å². The van der Waals surface area contributed by atoms with Crippen molar-refractivity contribution >= 4 is 17.3 Å². The normalized spacial score (nSPS) is 10.7. The molecule has 2 N–H and O–H groups in total. The molecule has 0 saturated carbocycles. The van der Waals surface area contributed by atoms with Gasteiger partial charge in [0.1, 0.15) is 5.75 Å². The van der Waals surface area contributed by atoms with Gasteiger partial charge < -0.3 is 15.4 Å². The van der Waals surface area contributed by atoms with Gasteiger partial charge in [0.2, 0.25) is 5.91 Å². The van der Waals surface area contributed by atoms with Crippen LogP contribution in [0.5, 0.6) is 5.75 Å². The summed E-state index contributed by atoms with van der Waals surface area (Å²) in [6.45, 7) is 11.4. The molecule has 4 nitrogen and oxygen atoms in total. The second-order valence-electron chi connectivity index (χ2n) is 7.23. The number of benzene rings is 2. The third kappa shape index (κ3) is 6.10. The summed E-state index contributed by atoms with van der Waals surface area (Å²) in [5, 5.41) is 6.17. The number of hydrogen-bond donors (Lipinski definition) is 2. The lowest BCUT2D eigenvalue weighted by Gasteiger charge is -2.14. The number of carbonyl (C=O) groups is 1. The Morgan fingerprint density at radius 2 is 1.77 bits per heavy atom. The van der Waals surface area contributed by atoms with E-state index in [-0.39, 0.29) is 12.5 Å². The quantitative estimate of drug-likeness (QED) is 0.694. The lowest BCUT2D eigenvalue weighted by atomic mass is 10.1. The SMILES string of the molecule is Cc1cc(C)c(NC(=O)CNc2cccc(OCCC(C)C)c2)c(C)c1. The monoisotopic (exact) mass is 354 g/mol. The smallest absolute Gasteiger partial charge is 0.243 e. The van der Waals surface area contributed by atoms with Gasteiger partial charge in [0.25, 0.3) is 0 Å². The highest BCUT2D eigenvalue weighted by Crippen LogP contribution is 2.22. The first-order valence-corrected chi connectivity index (χ1v) is 9.19. The Hall–Kier alpha value is -2.49. The first-order chi connectivity index (χ1) is 12.3. The van der Waals surface area contributed by atoms with Crippen LogP contribution in [0.3, 0.4) is 0 Å². The Kier molecular flexibility index (Phi) is 7.07. The number of ether oxygens (including phenoxy) is 1. The Balaban J connectivity index is 1.89. The van der Waals surface area contributed by atoms with E-state index >= 15 is 0 Å². The Morgan fingerprint density at radius 1 is 1.08 bits per heavy atom. The molecule has 0 bridgehead atoms. The van der Waals surface area contributed by atoms with Gasteiger partial charge in [-0.05, 0) is 56.4 Å². The van der Waals surface area contributed by atoms with E-state index in [9.17, 15) is 4.79 Å². The summed E-state index contributed by atoms with van der Waals surface area (Å²) in [6.07, 6.45) is 1.02. The topological polar surface area (TPSA) is 50.4 Å². The minimum atomic E-state index is -0.0637. The van der Waals surface area contributed by atoms with Crippen molar-refractivity contribution in [3.8, 4) is 5.75 Å². The standard InChI is InChI=1S/C22H30N2O2/c1-15(2)9-10-26-20-8-6-7-19(13-20)23-14-21(25)24-22-17(4)11-16(3)12-18(22)5/h6-8,11-13,15,23H,9-10,14H2,1-5H3,(H,24,25). The van der Waals surface area contributed by atoms with Gasteiger partial charge in [-0.2, -0.15) is 0 Å². The highest BCUT2D eigenvalue weighted by molar-refractivity contribution is 5.95.